The molecule has 0 saturated heterocycles. The summed E-state index contributed by atoms with van der Waals surface area (Å²) >= 11 is 3.54. The van der Waals surface area contributed by atoms with Crippen LogP contribution in [0.25, 0.3) is 41.8 Å². The maximum Gasteiger partial charge on any atom is 0.121 e. The summed E-state index contributed by atoms with van der Waals surface area (Å²) < 4.78 is 7.99. The van der Waals surface area contributed by atoms with E-state index in [2.05, 4.69) is 48.7 Å². The van der Waals surface area contributed by atoms with Crippen LogP contribution in [0.4, 0.5) is 0 Å². The van der Waals surface area contributed by atoms with Gasteiger partial charge in [-0.25, -0.2) is 4.98 Å². The van der Waals surface area contributed by atoms with Crippen molar-refractivity contribution in [2.75, 3.05) is 13.4 Å². The van der Waals surface area contributed by atoms with E-state index in [1.807, 2.05) is 23.5 Å². The molecule has 0 N–H and O–H groups in total. The van der Waals surface area contributed by atoms with Crippen molar-refractivity contribution in [2.24, 2.45) is 0 Å². The Kier molecular flexibility index (Phi) is 3.37. The Morgan fingerprint density at radius 3 is 2.68 bits per heavy atom. The van der Waals surface area contributed by atoms with E-state index < -0.39 is 0 Å². The topological polar surface area (TPSA) is 22.1 Å². The van der Waals surface area contributed by atoms with E-state index in [0.717, 1.165) is 16.3 Å². The number of aromatic nitrogens is 1. The monoisotopic (exact) mass is 361 g/mol. The van der Waals surface area contributed by atoms with Crippen molar-refractivity contribution >= 4 is 64.9 Å². The van der Waals surface area contributed by atoms with Gasteiger partial charge < -0.3 is 4.74 Å². The Hall–Kier alpha value is -2.30. The first kappa shape index (κ1) is 15.0. The van der Waals surface area contributed by atoms with Gasteiger partial charge in [0.2, 0.25) is 0 Å². The highest BCUT2D eigenvalue weighted by atomic mass is 32.2. The van der Waals surface area contributed by atoms with E-state index in [-0.39, 0.29) is 0 Å². The van der Waals surface area contributed by atoms with E-state index in [9.17, 15) is 0 Å². The number of thiophene rings is 1. The number of rotatable bonds is 2. The van der Waals surface area contributed by atoms with Crippen molar-refractivity contribution in [1.82, 2.24) is 4.98 Å². The molecule has 122 valence electrons. The molecule has 0 spiro atoms. The number of pyridine rings is 1. The molecule has 0 amide bonds. The van der Waals surface area contributed by atoms with Crippen molar-refractivity contribution in [3.05, 3.63) is 54.6 Å². The first-order valence-corrected chi connectivity index (χ1v) is 10.1. The number of ether oxygens (including phenoxy) is 1. The third-order valence-corrected chi connectivity index (χ3v) is 6.64. The van der Waals surface area contributed by atoms with Crippen molar-refractivity contribution in [3.8, 4) is 5.75 Å². The first-order chi connectivity index (χ1) is 12.3. The van der Waals surface area contributed by atoms with Gasteiger partial charge in [-0.2, -0.15) is 0 Å². The summed E-state index contributed by atoms with van der Waals surface area (Å²) in [6, 6.07) is 19.3. The third-order valence-electron chi connectivity index (χ3n) is 4.66. The lowest BCUT2D eigenvalue weighted by molar-refractivity contribution is 0.415. The molecule has 0 unspecified atom stereocenters. The molecule has 0 aliphatic rings. The van der Waals surface area contributed by atoms with E-state index in [4.69, 9.17) is 9.72 Å². The van der Waals surface area contributed by atoms with Crippen LogP contribution in [-0.4, -0.2) is 18.3 Å². The van der Waals surface area contributed by atoms with E-state index >= 15 is 0 Å². The number of hydrogen-bond acceptors (Lipinski definition) is 4. The second-order valence-corrected chi connectivity index (χ2v) is 7.82. The summed E-state index contributed by atoms with van der Waals surface area (Å²) in [6.07, 6.45) is 2.09. The maximum atomic E-state index is 5.40. The summed E-state index contributed by atoms with van der Waals surface area (Å²) in [5.74, 6) is 0.843. The zero-order valence-corrected chi connectivity index (χ0v) is 15.5. The van der Waals surface area contributed by atoms with E-state index in [1.54, 1.807) is 18.9 Å². The molecule has 2 aromatic heterocycles. The molecule has 5 aromatic rings. The molecule has 2 heterocycles. The number of benzene rings is 3. The van der Waals surface area contributed by atoms with Gasteiger partial charge in [-0.05, 0) is 35.2 Å². The highest BCUT2D eigenvalue weighted by Gasteiger charge is 2.16. The summed E-state index contributed by atoms with van der Waals surface area (Å²) in [7, 11) is 1.70. The van der Waals surface area contributed by atoms with Crippen molar-refractivity contribution in [3.63, 3.8) is 0 Å². The largest absolute Gasteiger partial charge is 0.497 e. The Morgan fingerprint density at radius 2 is 1.84 bits per heavy atom. The van der Waals surface area contributed by atoms with Crippen LogP contribution in [0.15, 0.2) is 59.6 Å². The van der Waals surface area contributed by atoms with Gasteiger partial charge in [0, 0.05) is 26.9 Å². The number of hydrogen-bond donors (Lipinski definition) is 0. The standard InChI is InChI=1S/C21H15NOS2/c1-23-13-8-9-15-16(11-13)22-21(24-2)20-19(15)18-14-6-4-3-5-12(14)7-10-17(18)25-20/h3-11H,1-2H3. The molecule has 0 aliphatic carbocycles. The fourth-order valence-electron chi connectivity index (χ4n) is 3.52. The highest BCUT2D eigenvalue weighted by Crippen LogP contribution is 2.44. The van der Waals surface area contributed by atoms with Crippen molar-refractivity contribution < 1.29 is 4.74 Å². The zero-order valence-electron chi connectivity index (χ0n) is 13.9. The summed E-state index contributed by atoms with van der Waals surface area (Å²) in [5.41, 5.74) is 0.990. The maximum absolute atomic E-state index is 5.40. The second kappa shape index (κ2) is 5.61. The molecule has 0 aliphatic heterocycles. The normalized spacial score (nSPS) is 11.8. The van der Waals surface area contributed by atoms with Crippen LogP contribution in [0.3, 0.4) is 0 Å². The smallest absolute Gasteiger partial charge is 0.121 e. The van der Waals surface area contributed by atoms with Crippen LogP contribution >= 0.6 is 23.1 Å². The van der Waals surface area contributed by atoms with Gasteiger partial charge in [-0.15, -0.1) is 23.1 Å². The van der Waals surface area contributed by atoms with Crippen LogP contribution < -0.4 is 4.74 Å². The lowest BCUT2D eigenvalue weighted by atomic mass is 10.0. The van der Waals surface area contributed by atoms with Gasteiger partial charge in [-0.3, -0.25) is 0 Å². The zero-order chi connectivity index (χ0) is 17.0. The van der Waals surface area contributed by atoms with Gasteiger partial charge >= 0.3 is 0 Å². The van der Waals surface area contributed by atoms with Crippen LogP contribution in [-0.2, 0) is 0 Å². The molecule has 0 fully saturated rings. The molecule has 4 heteroatoms. The number of nitrogens with zero attached hydrogens (tertiary/aromatic N) is 1. The van der Waals surface area contributed by atoms with E-state index in [1.165, 1.54) is 36.3 Å². The van der Waals surface area contributed by atoms with Crippen molar-refractivity contribution in [1.29, 1.82) is 0 Å². The predicted molar refractivity (Wildman–Crippen MR) is 110 cm³/mol. The average molecular weight is 361 g/mol. The fraction of sp³-hybridized carbons (Fsp3) is 0.0952. The molecule has 25 heavy (non-hydrogen) atoms. The molecule has 0 saturated carbocycles. The molecular weight excluding hydrogens is 346 g/mol. The molecule has 0 atom stereocenters. The fourth-order valence-corrected chi connectivity index (χ4v) is 5.49. The summed E-state index contributed by atoms with van der Waals surface area (Å²) in [6.45, 7) is 0. The lowest BCUT2D eigenvalue weighted by Crippen LogP contribution is -1.87. The van der Waals surface area contributed by atoms with Crippen LogP contribution in [0.1, 0.15) is 0 Å². The van der Waals surface area contributed by atoms with Gasteiger partial charge in [0.15, 0.2) is 0 Å². The Labute approximate surface area is 153 Å². The quantitative estimate of drug-likeness (QED) is 0.336. The Balaban J connectivity index is 2.08. The Morgan fingerprint density at radius 1 is 0.960 bits per heavy atom. The minimum absolute atomic E-state index is 0.843. The van der Waals surface area contributed by atoms with Gasteiger partial charge in [0.05, 0.1) is 17.3 Å². The Bertz CT molecular complexity index is 1270. The minimum Gasteiger partial charge on any atom is -0.497 e. The lowest BCUT2D eigenvalue weighted by Gasteiger charge is -2.07. The van der Waals surface area contributed by atoms with Gasteiger partial charge in [-0.1, -0.05) is 30.3 Å². The van der Waals surface area contributed by atoms with Gasteiger partial charge in [0.25, 0.3) is 0 Å². The van der Waals surface area contributed by atoms with Crippen molar-refractivity contribution in [2.45, 2.75) is 5.03 Å². The highest BCUT2D eigenvalue weighted by molar-refractivity contribution is 7.98. The van der Waals surface area contributed by atoms with Crippen LogP contribution in [0, 0.1) is 0 Å². The molecule has 0 bridgehead atoms. The van der Waals surface area contributed by atoms with E-state index in [0.29, 0.717) is 0 Å². The summed E-state index contributed by atoms with van der Waals surface area (Å²) in [5, 5.41) is 7.51. The average Bonchev–Trinajstić information content (AvgIpc) is 3.07. The van der Waals surface area contributed by atoms with Gasteiger partial charge in [0.1, 0.15) is 10.8 Å². The molecule has 2 nitrogen and oxygen atoms in total. The molecule has 3 aromatic carbocycles. The second-order valence-electron chi connectivity index (χ2n) is 5.97. The third kappa shape index (κ3) is 2.14. The number of methoxy groups -OCH3 is 1. The first-order valence-electron chi connectivity index (χ1n) is 8.06. The SMILES string of the molecule is COc1ccc2c(c1)nc(SC)c1sc3ccc4ccccc4c3c12. The predicted octanol–water partition coefficient (Wildman–Crippen LogP) is 6.49. The molecule has 0 radical (unpaired) electrons. The minimum atomic E-state index is 0.843. The van der Waals surface area contributed by atoms with Crippen LogP contribution in [0.5, 0.6) is 5.75 Å². The number of fused-ring (bicyclic) bond motifs is 7. The summed E-state index contributed by atoms with van der Waals surface area (Å²) in [4.78, 5) is 4.90. The molecule has 5 rings (SSSR count). The number of thioether (sulfide) groups is 1. The molecular formula is C21H15NOS2. The van der Waals surface area contributed by atoms with Crippen LogP contribution in [0.2, 0.25) is 0 Å².